The highest BCUT2D eigenvalue weighted by molar-refractivity contribution is 7.13. The Hall–Kier alpha value is -2.64. The molecule has 2 fully saturated rings. The van der Waals surface area contributed by atoms with Crippen molar-refractivity contribution in [1.29, 1.82) is 0 Å². The van der Waals surface area contributed by atoms with Crippen molar-refractivity contribution in [2.45, 2.75) is 32.6 Å². The van der Waals surface area contributed by atoms with E-state index in [1.807, 2.05) is 58.7 Å². The number of carbonyl (C=O) groups is 2. The SMILES string of the molecule is Cc1ccc(C(=O)N2CCN(C(=O)c3cnn(-c4ccc(C)c(Cl)c4)c3C3CC3)CC2)s1. The van der Waals surface area contributed by atoms with E-state index in [0.29, 0.717) is 42.7 Å². The van der Waals surface area contributed by atoms with E-state index in [4.69, 9.17) is 11.6 Å². The lowest BCUT2D eigenvalue weighted by molar-refractivity contribution is 0.0537. The Morgan fingerprint density at radius 2 is 1.69 bits per heavy atom. The number of thiophene rings is 1. The lowest BCUT2D eigenvalue weighted by atomic mass is 10.1. The Morgan fingerprint density at radius 1 is 1.00 bits per heavy atom. The Morgan fingerprint density at radius 3 is 2.28 bits per heavy atom. The van der Waals surface area contributed by atoms with E-state index in [9.17, 15) is 9.59 Å². The van der Waals surface area contributed by atoms with Crippen molar-refractivity contribution < 1.29 is 9.59 Å². The molecule has 1 saturated heterocycles. The average Bonchev–Trinajstić information content (AvgIpc) is 3.39. The van der Waals surface area contributed by atoms with E-state index in [2.05, 4.69) is 5.10 Å². The first-order chi connectivity index (χ1) is 15.4. The van der Waals surface area contributed by atoms with Crippen molar-refractivity contribution >= 4 is 34.8 Å². The summed E-state index contributed by atoms with van der Waals surface area (Å²) in [7, 11) is 0. The first-order valence-electron chi connectivity index (χ1n) is 10.9. The maximum atomic E-state index is 13.4. The van der Waals surface area contributed by atoms with Gasteiger partial charge in [0.15, 0.2) is 0 Å². The molecular formula is C24H25ClN4O2S. The van der Waals surface area contributed by atoms with Crippen LogP contribution in [0, 0.1) is 13.8 Å². The van der Waals surface area contributed by atoms with E-state index in [0.717, 1.165) is 39.5 Å². The van der Waals surface area contributed by atoms with Gasteiger partial charge in [-0.05, 0) is 56.5 Å². The minimum absolute atomic E-state index is 0.00424. The quantitative estimate of drug-likeness (QED) is 0.558. The van der Waals surface area contributed by atoms with Crippen LogP contribution in [0.5, 0.6) is 0 Å². The molecular weight excluding hydrogens is 444 g/mol. The van der Waals surface area contributed by atoms with Crippen LogP contribution in [0.4, 0.5) is 0 Å². The van der Waals surface area contributed by atoms with E-state index >= 15 is 0 Å². The second kappa shape index (κ2) is 8.37. The number of rotatable bonds is 4. The fraction of sp³-hybridized carbons (Fsp3) is 0.375. The predicted octanol–water partition coefficient (Wildman–Crippen LogP) is 4.68. The Balaban J connectivity index is 1.33. The molecule has 1 aliphatic heterocycles. The van der Waals surface area contributed by atoms with Gasteiger partial charge >= 0.3 is 0 Å². The van der Waals surface area contributed by atoms with Crippen LogP contribution in [0.2, 0.25) is 5.02 Å². The first kappa shape index (κ1) is 21.2. The summed E-state index contributed by atoms with van der Waals surface area (Å²) >= 11 is 7.86. The standard InChI is InChI=1S/C24H25ClN4O2S/c1-15-3-7-18(13-20(15)25)29-22(17-5-6-17)19(14-26-29)23(30)27-9-11-28(12-10-27)24(31)21-8-4-16(2)32-21/h3-4,7-8,13-14,17H,5-6,9-12H2,1-2H3. The van der Waals surface area contributed by atoms with Crippen molar-refractivity contribution in [3.63, 3.8) is 0 Å². The summed E-state index contributed by atoms with van der Waals surface area (Å²) in [5.74, 6) is 0.398. The third-order valence-corrected chi connectivity index (χ3v) is 7.60. The number of piperazine rings is 1. The zero-order valence-electron chi connectivity index (χ0n) is 18.2. The van der Waals surface area contributed by atoms with E-state index in [1.165, 1.54) is 11.3 Å². The number of carbonyl (C=O) groups excluding carboxylic acids is 2. The second-order valence-corrected chi connectivity index (χ2v) is 10.3. The smallest absolute Gasteiger partial charge is 0.264 e. The van der Waals surface area contributed by atoms with E-state index in [-0.39, 0.29) is 11.8 Å². The molecule has 0 unspecified atom stereocenters. The van der Waals surface area contributed by atoms with Crippen LogP contribution in [0.3, 0.4) is 0 Å². The number of aryl methyl sites for hydroxylation is 2. The van der Waals surface area contributed by atoms with Crippen LogP contribution < -0.4 is 0 Å². The molecule has 1 saturated carbocycles. The third-order valence-electron chi connectivity index (χ3n) is 6.21. The molecule has 8 heteroatoms. The summed E-state index contributed by atoms with van der Waals surface area (Å²) in [5.41, 5.74) is 3.53. The van der Waals surface area contributed by atoms with Gasteiger partial charge in [-0.3, -0.25) is 9.59 Å². The molecule has 0 radical (unpaired) electrons. The van der Waals surface area contributed by atoms with Crippen LogP contribution in [0.15, 0.2) is 36.5 Å². The van der Waals surface area contributed by atoms with Crippen LogP contribution in [0.1, 0.15) is 54.9 Å². The van der Waals surface area contributed by atoms with Crippen LogP contribution in [-0.2, 0) is 0 Å². The number of hydrogen-bond acceptors (Lipinski definition) is 4. The minimum Gasteiger partial charge on any atom is -0.335 e. The largest absolute Gasteiger partial charge is 0.335 e. The van der Waals surface area contributed by atoms with Gasteiger partial charge in [-0.2, -0.15) is 5.10 Å². The molecule has 1 aliphatic carbocycles. The molecule has 1 aromatic carbocycles. The maximum Gasteiger partial charge on any atom is 0.264 e. The van der Waals surface area contributed by atoms with Gasteiger partial charge in [0.2, 0.25) is 0 Å². The van der Waals surface area contributed by atoms with Gasteiger partial charge in [-0.25, -0.2) is 4.68 Å². The van der Waals surface area contributed by atoms with Crippen LogP contribution in [0.25, 0.3) is 5.69 Å². The van der Waals surface area contributed by atoms with Gasteiger partial charge in [0.25, 0.3) is 11.8 Å². The summed E-state index contributed by atoms with van der Waals surface area (Å²) < 4.78 is 1.87. The highest BCUT2D eigenvalue weighted by Gasteiger charge is 2.35. The normalized spacial score (nSPS) is 16.5. The molecule has 3 aromatic rings. The molecule has 3 heterocycles. The van der Waals surface area contributed by atoms with Crippen molar-refractivity contribution in [2.75, 3.05) is 26.2 Å². The summed E-state index contributed by atoms with van der Waals surface area (Å²) in [4.78, 5) is 31.7. The number of benzene rings is 1. The van der Waals surface area contributed by atoms with Gasteiger partial charge in [0.05, 0.1) is 28.0 Å². The monoisotopic (exact) mass is 468 g/mol. The minimum atomic E-state index is -0.00424. The number of hydrogen-bond donors (Lipinski definition) is 0. The lowest BCUT2D eigenvalue weighted by Gasteiger charge is -2.34. The van der Waals surface area contributed by atoms with Gasteiger partial charge in [-0.1, -0.05) is 17.7 Å². The number of halogens is 1. The van der Waals surface area contributed by atoms with E-state index in [1.54, 1.807) is 6.20 Å². The lowest BCUT2D eigenvalue weighted by Crippen LogP contribution is -2.50. The summed E-state index contributed by atoms with van der Waals surface area (Å²) in [5, 5.41) is 5.26. The zero-order chi connectivity index (χ0) is 22.4. The molecule has 32 heavy (non-hydrogen) atoms. The van der Waals surface area contributed by atoms with Gasteiger partial charge in [0.1, 0.15) is 0 Å². The summed E-state index contributed by atoms with van der Waals surface area (Å²) in [6.07, 6.45) is 3.82. The van der Waals surface area contributed by atoms with E-state index < -0.39 is 0 Å². The predicted molar refractivity (Wildman–Crippen MR) is 126 cm³/mol. The maximum absolute atomic E-state index is 13.4. The third kappa shape index (κ3) is 3.95. The number of amides is 2. The Labute approximate surface area is 196 Å². The summed E-state index contributed by atoms with van der Waals surface area (Å²) in [6.45, 7) is 6.11. The first-order valence-corrected chi connectivity index (χ1v) is 12.1. The van der Waals surface area contributed by atoms with Crippen molar-refractivity contribution in [2.24, 2.45) is 0 Å². The second-order valence-electron chi connectivity index (χ2n) is 8.56. The molecule has 166 valence electrons. The zero-order valence-corrected chi connectivity index (χ0v) is 19.7. The molecule has 2 amide bonds. The Kier molecular flexibility index (Phi) is 5.55. The van der Waals surface area contributed by atoms with Crippen LogP contribution in [-0.4, -0.2) is 57.6 Å². The Bertz CT molecular complexity index is 1190. The fourth-order valence-corrected chi connectivity index (χ4v) is 5.19. The van der Waals surface area contributed by atoms with Gasteiger partial charge < -0.3 is 9.80 Å². The molecule has 0 N–H and O–H groups in total. The van der Waals surface area contributed by atoms with Crippen molar-refractivity contribution in [3.05, 3.63) is 68.1 Å². The number of nitrogens with zero attached hydrogens (tertiary/aromatic N) is 4. The number of aromatic nitrogens is 2. The van der Waals surface area contributed by atoms with Crippen molar-refractivity contribution in [1.82, 2.24) is 19.6 Å². The van der Waals surface area contributed by atoms with Gasteiger partial charge in [0, 0.05) is 42.0 Å². The average molecular weight is 469 g/mol. The molecule has 0 bridgehead atoms. The molecule has 0 spiro atoms. The molecule has 2 aliphatic rings. The topological polar surface area (TPSA) is 58.4 Å². The molecule has 0 atom stereocenters. The molecule has 6 nitrogen and oxygen atoms in total. The molecule has 2 aromatic heterocycles. The fourth-order valence-electron chi connectivity index (χ4n) is 4.18. The highest BCUT2D eigenvalue weighted by Crippen LogP contribution is 2.43. The molecule has 5 rings (SSSR count). The highest BCUT2D eigenvalue weighted by atomic mass is 35.5. The van der Waals surface area contributed by atoms with Gasteiger partial charge in [-0.15, -0.1) is 11.3 Å². The van der Waals surface area contributed by atoms with Crippen LogP contribution >= 0.6 is 22.9 Å². The van der Waals surface area contributed by atoms with Crippen molar-refractivity contribution in [3.8, 4) is 5.69 Å². The summed E-state index contributed by atoms with van der Waals surface area (Å²) in [6, 6.07) is 9.72.